The highest BCUT2D eigenvalue weighted by Crippen LogP contribution is 2.33. The second-order valence-corrected chi connectivity index (χ2v) is 9.11. The summed E-state index contributed by atoms with van der Waals surface area (Å²) in [5.41, 5.74) is 2.67. The van der Waals surface area contributed by atoms with E-state index < -0.39 is 21.9 Å². The lowest BCUT2D eigenvalue weighted by Gasteiger charge is -2.21. The van der Waals surface area contributed by atoms with Gasteiger partial charge < -0.3 is 10.4 Å². The van der Waals surface area contributed by atoms with Crippen molar-refractivity contribution in [1.29, 1.82) is 0 Å². The smallest absolute Gasteiger partial charge is 0.335 e. The van der Waals surface area contributed by atoms with Gasteiger partial charge in [0.25, 0.3) is 15.9 Å². The number of hydrogen-bond acceptors (Lipinski definition) is 4. The number of nitrogens with zero attached hydrogens (tertiary/aromatic N) is 1. The van der Waals surface area contributed by atoms with E-state index in [9.17, 15) is 18.0 Å². The minimum Gasteiger partial charge on any atom is -0.478 e. The van der Waals surface area contributed by atoms with Crippen LogP contribution in [0.4, 0.5) is 11.4 Å². The molecule has 1 aliphatic rings. The van der Waals surface area contributed by atoms with Gasteiger partial charge in [-0.2, -0.15) is 0 Å². The molecule has 0 saturated carbocycles. The number of para-hydroxylation sites is 1. The Morgan fingerprint density at radius 3 is 2.52 bits per heavy atom. The predicted molar refractivity (Wildman–Crippen MR) is 117 cm³/mol. The van der Waals surface area contributed by atoms with Gasteiger partial charge in [-0.05, 0) is 60.9 Å². The molecular weight excluding hydrogens is 416 g/mol. The van der Waals surface area contributed by atoms with E-state index in [1.807, 2.05) is 12.1 Å². The Bertz CT molecular complexity index is 1300. The summed E-state index contributed by atoms with van der Waals surface area (Å²) < 4.78 is 28.2. The monoisotopic (exact) mass is 436 g/mol. The highest BCUT2D eigenvalue weighted by atomic mass is 32.2. The molecule has 7 nitrogen and oxygen atoms in total. The summed E-state index contributed by atoms with van der Waals surface area (Å²) in [5.74, 6) is -1.63. The minimum atomic E-state index is -3.85. The summed E-state index contributed by atoms with van der Waals surface area (Å²) in [6.07, 6.45) is 0.633. The molecule has 0 unspecified atom stereocenters. The van der Waals surface area contributed by atoms with Gasteiger partial charge in [0.1, 0.15) is 0 Å². The molecule has 0 spiro atoms. The van der Waals surface area contributed by atoms with Crippen molar-refractivity contribution in [3.63, 3.8) is 0 Å². The molecule has 1 amide bonds. The number of fused-ring (bicyclic) bond motifs is 1. The summed E-state index contributed by atoms with van der Waals surface area (Å²) >= 11 is 0. The van der Waals surface area contributed by atoms with E-state index in [-0.39, 0.29) is 16.0 Å². The number of carboxylic acids is 1. The lowest BCUT2D eigenvalue weighted by Crippen LogP contribution is -2.30. The summed E-state index contributed by atoms with van der Waals surface area (Å²) in [7, 11) is -3.85. The first-order valence-electron chi connectivity index (χ1n) is 9.63. The second kappa shape index (κ2) is 7.88. The first kappa shape index (κ1) is 20.6. The zero-order chi connectivity index (χ0) is 22.2. The molecule has 0 aromatic heterocycles. The van der Waals surface area contributed by atoms with E-state index in [1.165, 1.54) is 28.6 Å². The third kappa shape index (κ3) is 3.89. The number of benzene rings is 3. The molecule has 0 saturated heterocycles. The van der Waals surface area contributed by atoms with Crippen LogP contribution >= 0.6 is 0 Å². The van der Waals surface area contributed by atoms with Gasteiger partial charge in [0.15, 0.2) is 0 Å². The molecule has 0 bridgehead atoms. The molecule has 3 aromatic carbocycles. The Morgan fingerprint density at radius 2 is 1.74 bits per heavy atom. The van der Waals surface area contributed by atoms with Gasteiger partial charge in [-0.25, -0.2) is 13.2 Å². The Kier molecular flexibility index (Phi) is 5.24. The highest BCUT2D eigenvalue weighted by Gasteiger charge is 2.32. The van der Waals surface area contributed by atoms with Crippen LogP contribution in [0.1, 0.15) is 31.8 Å². The van der Waals surface area contributed by atoms with Crippen LogP contribution in [-0.4, -0.2) is 31.9 Å². The van der Waals surface area contributed by atoms with Crippen LogP contribution in [-0.2, 0) is 16.4 Å². The third-order valence-corrected chi connectivity index (χ3v) is 7.19. The zero-order valence-corrected chi connectivity index (χ0v) is 17.5. The van der Waals surface area contributed by atoms with Gasteiger partial charge in [0.2, 0.25) is 0 Å². The highest BCUT2D eigenvalue weighted by molar-refractivity contribution is 7.93. The molecule has 158 valence electrons. The van der Waals surface area contributed by atoms with Crippen molar-refractivity contribution in [2.75, 3.05) is 16.2 Å². The molecule has 0 fully saturated rings. The number of amides is 1. The van der Waals surface area contributed by atoms with E-state index in [0.29, 0.717) is 29.9 Å². The predicted octanol–water partition coefficient (Wildman–Crippen LogP) is 3.70. The number of carbonyl (C=O) groups is 2. The largest absolute Gasteiger partial charge is 0.478 e. The standard InChI is InChI=1S/C23H20N2O5S/c1-15-9-10-17(22(26)24-19-7-4-6-18(13-19)23(27)28)14-21(15)31(29,30)25-12-11-16-5-2-3-8-20(16)25/h2-10,13-14H,11-12H2,1H3,(H,24,26)(H,27,28). The first-order valence-corrected chi connectivity index (χ1v) is 11.1. The molecular formula is C23H20N2O5S. The molecule has 0 radical (unpaired) electrons. The molecule has 4 rings (SSSR count). The fourth-order valence-corrected chi connectivity index (χ4v) is 5.39. The summed E-state index contributed by atoms with van der Waals surface area (Å²) in [5, 5.41) is 11.7. The topological polar surface area (TPSA) is 104 Å². The fraction of sp³-hybridized carbons (Fsp3) is 0.130. The van der Waals surface area contributed by atoms with E-state index in [2.05, 4.69) is 5.32 Å². The maximum Gasteiger partial charge on any atom is 0.335 e. The fourth-order valence-electron chi connectivity index (χ4n) is 3.63. The van der Waals surface area contributed by atoms with Crippen molar-refractivity contribution >= 4 is 33.3 Å². The average molecular weight is 436 g/mol. The van der Waals surface area contributed by atoms with E-state index in [1.54, 1.807) is 37.3 Å². The van der Waals surface area contributed by atoms with Gasteiger partial charge in [0, 0.05) is 17.8 Å². The maximum atomic E-state index is 13.4. The van der Waals surface area contributed by atoms with Crippen molar-refractivity contribution in [3.8, 4) is 0 Å². The molecule has 31 heavy (non-hydrogen) atoms. The van der Waals surface area contributed by atoms with E-state index in [0.717, 1.165) is 5.56 Å². The van der Waals surface area contributed by atoms with Crippen molar-refractivity contribution in [3.05, 3.63) is 89.0 Å². The van der Waals surface area contributed by atoms with Gasteiger partial charge in [0.05, 0.1) is 16.1 Å². The van der Waals surface area contributed by atoms with Crippen LogP contribution in [0, 0.1) is 6.92 Å². The summed E-state index contributed by atoms with van der Waals surface area (Å²) in [6.45, 7) is 2.03. The summed E-state index contributed by atoms with van der Waals surface area (Å²) in [4.78, 5) is 23.9. The van der Waals surface area contributed by atoms with Gasteiger partial charge in [-0.1, -0.05) is 30.3 Å². The molecule has 3 aromatic rings. The van der Waals surface area contributed by atoms with Crippen molar-refractivity contribution in [2.45, 2.75) is 18.2 Å². The van der Waals surface area contributed by atoms with Crippen molar-refractivity contribution in [1.82, 2.24) is 0 Å². The molecule has 0 atom stereocenters. The van der Waals surface area contributed by atoms with Crippen LogP contribution in [0.25, 0.3) is 0 Å². The second-order valence-electron chi connectivity index (χ2n) is 7.28. The molecule has 1 aliphatic heterocycles. The van der Waals surface area contributed by atoms with Crippen molar-refractivity contribution in [2.24, 2.45) is 0 Å². The number of anilines is 2. The van der Waals surface area contributed by atoms with Gasteiger partial charge in [-0.15, -0.1) is 0 Å². The number of hydrogen-bond donors (Lipinski definition) is 2. The Labute approximate surface area is 180 Å². The van der Waals surface area contributed by atoms with E-state index >= 15 is 0 Å². The Morgan fingerprint density at radius 1 is 0.968 bits per heavy atom. The normalized spacial score (nSPS) is 13.0. The zero-order valence-electron chi connectivity index (χ0n) is 16.7. The number of aryl methyl sites for hydroxylation is 1. The molecule has 2 N–H and O–H groups in total. The van der Waals surface area contributed by atoms with Crippen LogP contribution in [0.15, 0.2) is 71.6 Å². The SMILES string of the molecule is Cc1ccc(C(=O)Nc2cccc(C(=O)O)c2)cc1S(=O)(=O)N1CCc2ccccc21. The Balaban J connectivity index is 1.65. The lowest BCUT2D eigenvalue weighted by molar-refractivity contribution is 0.0696. The minimum absolute atomic E-state index is 0.0395. The number of carboxylic acid groups (broad SMARTS) is 1. The molecule has 0 aliphatic carbocycles. The van der Waals surface area contributed by atoms with Gasteiger partial charge in [-0.3, -0.25) is 9.10 Å². The number of carbonyl (C=O) groups excluding carboxylic acids is 1. The van der Waals surface area contributed by atoms with Crippen LogP contribution in [0.2, 0.25) is 0 Å². The Hall–Kier alpha value is -3.65. The van der Waals surface area contributed by atoms with Crippen LogP contribution in [0.3, 0.4) is 0 Å². The van der Waals surface area contributed by atoms with Gasteiger partial charge >= 0.3 is 5.97 Å². The first-order chi connectivity index (χ1) is 14.8. The average Bonchev–Trinajstić information content (AvgIpc) is 3.19. The number of nitrogens with one attached hydrogen (secondary N) is 1. The summed E-state index contributed by atoms with van der Waals surface area (Å²) in [6, 6.07) is 17.7. The van der Waals surface area contributed by atoms with E-state index in [4.69, 9.17) is 5.11 Å². The van der Waals surface area contributed by atoms with Crippen LogP contribution < -0.4 is 9.62 Å². The third-order valence-electron chi connectivity index (χ3n) is 5.23. The molecule has 1 heterocycles. The van der Waals surface area contributed by atoms with Crippen LogP contribution in [0.5, 0.6) is 0 Å². The maximum absolute atomic E-state index is 13.4. The number of aromatic carboxylic acids is 1. The lowest BCUT2D eigenvalue weighted by atomic mass is 10.1. The number of sulfonamides is 1. The quantitative estimate of drug-likeness (QED) is 0.635. The molecule has 8 heteroatoms. The van der Waals surface area contributed by atoms with Crippen molar-refractivity contribution < 1.29 is 23.1 Å². The number of rotatable bonds is 5.